The van der Waals surface area contributed by atoms with Crippen LogP contribution in [-0.4, -0.2) is 37.5 Å². The highest BCUT2D eigenvalue weighted by Gasteiger charge is 2.23. The smallest absolute Gasteiger partial charge is 0.218 e. The zero-order valence-electron chi connectivity index (χ0n) is 10.1. The second kappa shape index (κ2) is 6.21. The van der Waals surface area contributed by atoms with E-state index in [0.29, 0.717) is 15.6 Å². The van der Waals surface area contributed by atoms with Gasteiger partial charge in [0.1, 0.15) is 0 Å². The number of aliphatic hydroxyl groups is 1. The minimum atomic E-state index is -3.48. The first-order valence-electron chi connectivity index (χ1n) is 5.28. The maximum atomic E-state index is 12.0. The van der Waals surface area contributed by atoms with Crippen molar-refractivity contribution in [3.8, 4) is 0 Å². The Kier molecular flexibility index (Phi) is 5.43. The summed E-state index contributed by atoms with van der Waals surface area (Å²) in [5, 5.41) is 9.68. The molecule has 0 aliphatic carbocycles. The van der Waals surface area contributed by atoms with Crippen LogP contribution >= 0.6 is 23.2 Å². The van der Waals surface area contributed by atoms with Crippen LogP contribution in [0.15, 0.2) is 18.2 Å². The molecule has 0 amide bonds. The van der Waals surface area contributed by atoms with Crippen molar-refractivity contribution in [2.75, 3.05) is 13.7 Å². The summed E-state index contributed by atoms with van der Waals surface area (Å²) in [5.41, 5.74) is 0.557. The SMILES string of the molecule is CC(CO)N(C)S(=O)(=O)Cc1ccc(Cl)c(Cl)c1. The summed E-state index contributed by atoms with van der Waals surface area (Å²) >= 11 is 11.6. The van der Waals surface area contributed by atoms with Gasteiger partial charge in [-0.05, 0) is 24.6 Å². The van der Waals surface area contributed by atoms with Gasteiger partial charge in [-0.15, -0.1) is 0 Å². The molecular weight excluding hydrogens is 297 g/mol. The lowest BCUT2D eigenvalue weighted by molar-refractivity contribution is 0.213. The molecule has 1 atom stereocenters. The molecule has 0 heterocycles. The molecular formula is C11H15Cl2NO3S. The fourth-order valence-electron chi connectivity index (χ4n) is 1.33. The second-order valence-electron chi connectivity index (χ2n) is 4.05. The number of benzene rings is 1. The Morgan fingerprint density at radius 1 is 1.33 bits per heavy atom. The monoisotopic (exact) mass is 311 g/mol. The van der Waals surface area contributed by atoms with E-state index < -0.39 is 16.1 Å². The van der Waals surface area contributed by atoms with Crippen molar-refractivity contribution in [1.29, 1.82) is 0 Å². The summed E-state index contributed by atoms with van der Waals surface area (Å²) in [7, 11) is -2.04. The highest BCUT2D eigenvalue weighted by molar-refractivity contribution is 7.88. The maximum absolute atomic E-state index is 12.0. The van der Waals surface area contributed by atoms with E-state index in [1.54, 1.807) is 19.1 Å². The van der Waals surface area contributed by atoms with E-state index in [9.17, 15) is 8.42 Å². The van der Waals surface area contributed by atoms with Crippen molar-refractivity contribution in [2.45, 2.75) is 18.7 Å². The zero-order valence-corrected chi connectivity index (χ0v) is 12.4. The van der Waals surface area contributed by atoms with Gasteiger partial charge in [-0.25, -0.2) is 8.42 Å². The van der Waals surface area contributed by atoms with Gasteiger partial charge >= 0.3 is 0 Å². The molecule has 1 rings (SSSR count). The highest BCUT2D eigenvalue weighted by Crippen LogP contribution is 2.24. The molecule has 0 saturated heterocycles. The number of hydrogen-bond acceptors (Lipinski definition) is 3. The fraction of sp³-hybridized carbons (Fsp3) is 0.455. The van der Waals surface area contributed by atoms with Crippen LogP contribution in [0.5, 0.6) is 0 Å². The van der Waals surface area contributed by atoms with Crippen LogP contribution in [0, 0.1) is 0 Å². The molecule has 1 aromatic rings. The summed E-state index contributed by atoms with van der Waals surface area (Å²) < 4.78 is 25.2. The van der Waals surface area contributed by atoms with Crippen molar-refractivity contribution in [1.82, 2.24) is 4.31 Å². The standard InChI is InChI=1S/C11H15Cl2NO3S/c1-8(6-15)14(2)18(16,17)7-9-3-4-10(12)11(13)5-9/h3-5,8,15H,6-7H2,1-2H3. The van der Waals surface area contributed by atoms with Crippen LogP contribution in [0.2, 0.25) is 10.0 Å². The first-order valence-corrected chi connectivity index (χ1v) is 7.65. The second-order valence-corrected chi connectivity index (χ2v) is 6.90. The van der Waals surface area contributed by atoms with Gasteiger partial charge in [0, 0.05) is 13.1 Å². The Labute approximate surface area is 117 Å². The first-order chi connectivity index (χ1) is 8.27. The van der Waals surface area contributed by atoms with E-state index >= 15 is 0 Å². The van der Waals surface area contributed by atoms with Gasteiger partial charge in [0.05, 0.1) is 22.4 Å². The lowest BCUT2D eigenvalue weighted by Crippen LogP contribution is -2.38. The maximum Gasteiger partial charge on any atom is 0.218 e. The number of aliphatic hydroxyl groups excluding tert-OH is 1. The van der Waals surface area contributed by atoms with E-state index in [-0.39, 0.29) is 12.4 Å². The predicted molar refractivity (Wildman–Crippen MR) is 73.4 cm³/mol. The van der Waals surface area contributed by atoms with E-state index in [1.807, 2.05) is 0 Å². The van der Waals surface area contributed by atoms with Gasteiger partial charge in [-0.3, -0.25) is 0 Å². The Bertz CT molecular complexity index is 519. The summed E-state index contributed by atoms with van der Waals surface area (Å²) in [4.78, 5) is 0. The lowest BCUT2D eigenvalue weighted by Gasteiger charge is -2.22. The molecule has 0 aliphatic rings. The summed E-state index contributed by atoms with van der Waals surface area (Å²) in [6.45, 7) is 1.41. The van der Waals surface area contributed by atoms with Crippen LogP contribution in [0.3, 0.4) is 0 Å². The quantitative estimate of drug-likeness (QED) is 0.906. The van der Waals surface area contributed by atoms with Crippen molar-refractivity contribution in [3.63, 3.8) is 0 Å². The van der Waals surface area contributed by atoms with Gasteiger partial charge in [-0.1, -0.05) is 29.3 Å². The molecule has 0 fully saturated rings. The van der Waals surface area contributed by atoms with Crippen molar-refractivity contribution >= 4 is 33.2 Å². The molecule has 18 heavy (non-hydrogen) atoms. The van der Waals surface area contributed by atoms with Gasteiger partial charge < -0.3 is 5.11 Å². The average molecular weight is 312 g/mol. The van der Waals surface area contributed by atoms with E-state index in [4.69, 9.17) is 28.3 Å². The largest absolute Gasteiger partial charge is 0.395 e. The number of hydrogen-bond donors (Lipinski definition) is 1. The van der Waals surface area contributed by atoms with Crippen molar-refractivity contribution < 1.29 is 13.5 Å². The molecule has 7 heteroatoms. The first kappa shape index (κ1) is 15.7. The summed E-state index contributed by atoms with van der Waals surface area (Å²) in [6, 6.07) is 4.24. The van der Waals surface area contributed by atoms with Crippen molar-refractivity contribution in [3.05, 3.63) is 33.8 Å². The van der Waals surface area contributed by atoms with E-state index in [1.165, 1.54) is 13.1 Å². The van der Waals surface area contributed by atoms with Gasteiger partial charge in [0.15, 0.2) is 0 Å². The Hall–Kier alpha value is -0.330. The van der Waals surface area contributed by atoms with Crippen molar-refractivity contribution in [2.24, 2.45) is 0 Å². The molecule has 0 aliphatic heterocycles. The van der Waals surface area contributed by atoms with Gasteiger partial charge in [0.25, 0.3) is 0 Å². The summed E-state index contributed by atoms with van der Waals surface area (Å²) in [6.07, 6.45) is 0. The predicted octanol–water partition coefficient (Wildman–Crippen LogP) is 2.14. The van der Waals surface area contributed by atoms with Crippen LogP contribution < -0.4 is 0 Å². The fourth-order valence-corrected chi connectivity index (χ4v) is 3.07. The third-order valence-corrected chi connectivity index (χ3v) is 5.33. The number of sulfonamides is 1. The molecule has 1 N–H and O–H groups in total. The number of nitrogens with zero attached hydrogens (tertiary/aromatic N) is 1. The lowest BCUT2D eigenvalue weighted by atomic mass is 10.2. The molecule has 4 nitrogen and oxygen atoms in total. The number of halogens is 2. The normalized spacial score (nSPS) is 13.9. The van der Waals surface area contributed by atoms with Gasteiger partial charge in [-0.2, -0.15) is 4.31 Å². The molecule has 1 unspecified atom stereocenters. The average Bonchev–Trinajstić information content (AvgIpc) is 2.31. The molecule has 102 valence electrons. The number of rotatable bonds is 5. The molecule has 0 aromatic heterocycles. The molecule has 0 radical (unpaired) electrons. The van der Waals surface area contributed by atoms with Crippen LogP contribution in [0.1, 0.15) is 12.5 Å². The molecule has 0 bridgehead atoms. The van der Waals surface area contributed by atoms with Gasteiger partial charge in [0.2, 0.25) is 10.0 Å². The van der Waals surface area contributed by atoms with Crippen LogP contribution in [0.25, 0.3) is 0 Å². The highest BCUT2D eigenvalue weighted by atomic mass is 35.5. The molecule has 0 saturated carbocycles. The molecule has 1 aromatic carbocycles. The third-order valence-electron chi connectivity index (χ3n) is 2.66. The molecule has 0 spiro atoms. The Balaban J connectivity index is 2.92. The van der Waals surface area contributed by atoms with E-state index in [0.717, 1.165) is 4.31 Å². The third kappa shape index (κ3) is 3.83. The topological polar surface area (TPSA) is 57.6 Å². The minimum Gasteiger partial charge on any atom is -0.395 e. The zero-order chi connectivity index (χ0) is 13.9. The Morgan fingerprint density at radius 2 is 1.94 bits per heavy atom. The summed E-state index contributed by atoms with van der Waals surface area (Å²) in [5.74, 6) is -0.176. The number of likely N-dealkylation sites (N-methyl/N-ethyl adjacent to an activating group) is 1. The minimum absolute atomic E-state index is 0.176. The van der Waals surface area contributed by atoms with Crippen LogP contribution in [-0.2, 0) is 15.8 Å². The van der Waals surface area contributed by atoms with Crippen LogP contribution in [0.4, 0.5) is 0 Å². The Morgan fingerprint density at radius 3 is 2.44 bits per heavy atom. The van der Waals surface area contributed by atoms with E-state index in [2.05, 4.69) is 0 Å².